The van der Waals surface area contributed by atoms with E-state index in [1.165, 1.54) is 19.3 Å². The molecule has 0 aromatic heterocycles. The van der Waals surface area contributed by atoms with Crippen molar-refractivity contribution in [1.82, 2.24) is 5.32 Å². The Bertz CT molecular complexity index is 476. The van der Waals surface area contributed by atoms with Crippen molar-refractivity contribution in [2.75, 3.05) is 7.11 Å². The molecule has 1 amide bonds. The summed E-state index contributed by atoms with van der Waals surface area (Å²) in [4.78, 5) is 12.2. The van der Waals surface area contributed by atoms with Gasteiger partial charge in [-0.3, -0.25) is 4.79 Å². The van der Waals surface area contributed by atoms with Gasteiger partial charge in [-0.15, -0.1) is 0 Å². The number of rotatable bonds is 5. The van der Waals surface area contributed by atoms with E-state index in [-0.39, 0.29) is 5.91 Å². The van der Waals surface area contributed by atoms with Crippen LogP contribution in [0.4, 0.5) is 0 Å². The van der Waals surface area contributed by atoms with Crippen molar-refractivity contribution in [3.8, 4) is 5.75 Å². The van der Waals surface area contributed by atoms with Gasteiger partial charge in [-0.1, -0.05) is 38.0 Å². The summed E-state index contributed by atoms with van der Waals surface area (Å²) < 4.78 is 5.32. The molecule has 3 heteroatoms. The number of amides is 1. The largest absolute Gasteiger partial charge is 0.496 e. The first-order valence-corrected chi connectivity index (χ1v) is 7.31. The molecule has 1 aliphatic carbocycles. The van der Waals surface area contributed by atoms with Crippen LogP contribution in [0.25, 0.3) is 6.08 Å². The van der Waals surface area contributed by atoms with Crippen LogP contribution >= 0.6 is 0 Å². The molecular weight excluding hydrogens is 250 g/mol. The topological polar surface area (TPSA) is 38.3 Å². The molecule has 0 spiro atoms. The van der Waals surface area contributed by atoms with Crippen molar-refractivity contribution < 1.29 is 9.53 Å². The van der Waals surface area contributed by atoms with Gasteiger partial charge in [0, 0.05) is 11.6 Å². The lowest BCUT2D eigenvalue weighted by atomic mass is 9.95. The molecule has 0 atom stereocenters. The van der Waals surface area contributed by atoms with Crippen LogP contribution in [0, 0.1) is 0 Å². The van der Waals surface area contributed by atoms with Crippen LogP contribution in [0.3, 0.4) is 0 Å². The first-order valence-electron chi connectivity index (χ1n) is 7.31. The predicted molar refractivity (Wildman–Crippen MR) is 81.8 cm³/mol. The third kappa shape index (κ3) is 3.86. The van der Waals surface area contributed by atoms with Gasteiger partial charge in [0.15, 0.2) is 0 Å². The Morgan fingerprint density at radius 2 is 2.15 bits per heavy atom. The maximum absolute atomic E-state index is 12.2. The molecule has 108 valence electrons. The summed E-state index contributed by atoms with van der Waals surface area (Å²) in [6.45, 7) is 3.76. The molecule has 1 N–H and O–H groups in total. The molecule has 0 radical (unpaired) electrons. The molecule has 20 heavy (non-hydrogen) atoms. The Labute approximate surface area is 121 Å². The molecular formula is C17H23NO2. The Morgan fingerprint density at radius 3 is 2.80 bits per heavy atom. The van der Waals surface area contributed by atoms with Crippen molar-refractivity contribution in [3.05, 3.63) is 35.9 Å². The first kappa shape index (κ1) is 14.6. The predicted octanol–water partition coefficient (Wildman–Crippen LogP) is 3.33. The molecule has 3 nitrogen and oxygen atoms in total. The average Bonchev–Trinajstić information content (AvgIpc) is 2.48. The van der Waals surface area contributed by atoms with E-state index < -0.39 is 0 Å². The second-order valence-electron chi connectivity index (χ2n) is 5.35. The highest BCUT2D eigenvalue weighted by atomic mass is 16.5. The minimum Gasteiger partial charge on any atom is -0.496 e. The fourth-order valence-corrected chi connectivity index (χ4v) is 2.76. The quantitative estimate of drug-likeness (QED) is 0.893. The number of methoxy groups -OCH3 is 1. The van der Waals surface area contributed by atoms with E-state index in [2.05, 4.69) is 11.9 Å². The maximum atomic E-state index is 12.2. The van der Waals surface area contributed by atoms with Crippen molar-refractivity contribution in [2.45, 2.75) is 44.6 Å². The lowest BCUT2D eigenvalue weighted by Gasteiger charge is -2.23. The number of hydrogen-bond donors (Lipinski definition) is 1. The third-order valence-corrected chi connectivity index (χ3v) is 3.86. The number of carbonyl (C=O) groups excluding carboxylic acids is 1. The van der Waals surface area contributed by atoms with Crippen molar-refractivity contribution in [1.29, 1.82) is 0 Å². The zero-order chi connectivity index (χ0) is 14.4. The fraction of sp³-hybridized carbons (Fsp3) is 0.471. The molecule has 0 bridgehead atoms. The molecule has 1 aromatic carbocycles. The van der Waals surface area contributed by atoms with Crippen molar-refractivity contribution in [2.24, 2.45) is 0 Å². The Kier molecular flexibility index (Phi) is 5.22. The van der Waals surface area contributed by atoms with Gasteiger partial charge in [0.05, 0.1) is 13.5 Å². The number of ether oxygens (including phenoxy) is 1. The van der Waals surface area contributed by atoms with E-state index in [4.69, 9.17) is 4.74 Å². The summed E-state index contributed by atoms with van der Waals surface area (Å²) in [6, 6.07) is 6.14. The summed E-state index contributed by atoms with van der Waals surface area (Å²) in [5.74, 6) is 0.839. The van der Waals surface area contributed by atoms with Gasteiger partial charge < -0.3 is 10.1 Å². The van der Waals surface area contributed by atoms with Gasteiger partial charge in [0.2, 0.25) is 5.91 Å². The zero-order valence-corrected chi connectivity index (χ0v) is 12.2. The van der Waals surface area contributed by atoms with Crippen molar-refractivity contribution >= 4 is 12.0 Å². The molecule has 1 saturated carbocycles. The van der Waals surface area contributed by atoms with Crippen LogP contribution in [-0.4, -0.2) is 19.1 Å². The van der Waals surface area contributed by atoms with Gasteiger partial charge in [-0.2, -0.15) is 0 Å². The zero-order valence-electron chi connectivity index (χ0n) is 12.2. The van der Waals surface area contributed by atoms with Crippen molar-refractivity contribution in [3.63, 3.8) is 0 Å². The molecule has 1 aromatic rings. The first-order chi connectivity index (χ1) is 9.72. The van der Waals surface area contributed by atoms with Gasteiger partial charge in [-0.25, -0.2) is 0 Å². The molecule has 0 unspecified atom stereocenters. The Morgan fingerprint density at radius 1 is 1.40 bits per heavy atom. The summed E-state index contributed by atoms with van der Waals surface area (Å²) in [6.07, 6.45) is 8.09. The summed E-state index contributed by atoms with van der Waals surface area (Å²) in [5.41, 5.74) is 1.92. The van der Waals surface area contributed by atoms with Gasteiger partial charge in [-0.05, 0) is 30.5 Å². The van der Waals surface area contributed by atoms with E-state index >= 15 is 0 Å². The number of hydrogen-bond acceptors (Lipinski definition) is 2. The second kappa shape index (κ2) is 7.13. The standard InChI is InChI=1S/C17H23NO2/c1-3-13-9-10-16(20-2)14(11-13)12-17(19)18-15-7-5-4-6-8-15/h3,9-11,15H,1,4-8,12H2,2H3,(H,18,19). The normalized spacial score (nSPS) is 15.7. The third-order valence-electron chi connectivity index (χ3n) is 3.86. The minimum atomic E-state index is 0.0800. The fourth-order valence-electron chi connectivity index (χ4n) is 2.76. The maximum Gasteiger partial charge on any atom is 0.224 e. The SMILES string of the molecule is C=Cc1ccc(OC)c(CC(=O)NC2CCCCC2)c1. The lowest BCUT2D eigenvalue weighted by Crippen LogP contribution is -2.37. The molecule has 0 heterocycles. The van der Waals surface area contributed by atoms with E-state index in [9.17, 15) is 4.79 Å². The molecule has 0 saturated heterocycles. The van der Waals surface area contributed by atoms with Crippen LogP contribution in [-0.2, 0) is 11.2 Å². The summed E-state index contributed by atoms with van der Waals surface area (Å²) in [7, 11) is 1.63. The van der Waals surface area contributed by atoms with Crippen LogP contribution in [0.5, 0.6) is 5.75 Å². The molecule has 0 aliphatic heterocycles. The summed E-state index contributed by atoms with van der Waals surface area (Å²) in [5, 5.41) is 3.14. The van der Waals surface area contributed by atoms with Gasteiger partial charge >= 0.3 is 0 Å². The molecule has 2 rings (SSSR count). The monoisotopic (exact) mass is 273 g/mol. The Hall–Kier alpha value is -1.77. The molecule has 1 aliphatic rings. The van der Waals surface area contributed by atoms with E-state index in [1.807, 2.05) is 18.2 Å². The minimum absolute atomic E-state index is 0.0800. The smallest absolute Gasteiger partial charge is 0.224 e. The highest BCUT2D eigenvalue weighted by molar-refractivity contribution is 5.80. The number of benzene rings is 1. The van der Waals surface area contributed by atoms with Crippen LogP contribution < -0.4 is 10.1 Å². The van der Waals surface area contributed by atoms with E-state index in [0.29, 0.717) is 12.5 Å². The number of carbonyl (C=O) groups is 1. The Balaban J connectivity index is 2.00. The van der Waals surface area contributed by atoms with Crippen LogP contribution in [0.2, 0.25) is 0 Å². The van der Waals surface area contributed by atoms with Gasteiger partial charge in [0.25, 0.3) is 0 Å². The molecule has 1 fully saturated rings. The highest BCUT2D eigenvalue weighted by Gasteiger charge is 2.16. The lowest BCUT2D eigenvalue weighted by molar-refractivity contribution is -0.121. The second-order valence-corrected chi connectivity index (χ2v) is 5.35. The highest BCUT2D eigenvalue weighted by Crippen LogP contribution is 2.22. The summed E-state index contributed by atoms with van der Waals surface area (Å²) >= 11 is 0. The number of nitrogens with one attached hydrogen (secondary N) is 1. The van der Waals surface area contributed by atoms with Crippen LogP contribution in [0.1, 0.15) is 43.2 Å². The van der Waals surface area contributed by atoms with Gasteiger partial charge in [0.1, 0.15) is 5.75 Å². The van der Waals surface area contributed by atoms with E-state index in [1.54, 1.807) is 13.2 Å². The average molecular weight is 273 g/mol. The van der Waals surface area contributed by atoms with E-state index in [0.717, 1.165) is 29.7 Å². The van der Waals surface area contributed by atoms with Crippen LogP contribution in [0.15, 0.2) is 24.8 Å².